The Hall–Kier alpha value is -1.10. The van der Waals surface area contributed by atoms with Gasteiger partial charge in [-0.25, -0.2) is 0 Å². The zero-order valence-corrected chi connectivity index (χ0v) is 14.2. The van der Waals surface area contributed by atoms with E-state index in [9.17, 15) is 0 Å². The van der Waals surface area contributed by atoms with Gasteiger partial charge in [-0.1, -0.05) is 34.1 Å². The van der Waals surface area contributed by atoms with E-state index >= 15 is 0 Å². The van der Waals surface area contributed by atoms with Gasteiger partial charge in [0.05, 0.1) is 6.04 Å². The molecule has 3 rings (SSSR count). The molecule has 102 valence electrons. The maximum Gasteiger partial charge on any atom is 0.0953 e. The Morgan fingerprint density at radius 3 is 2.20 bits per heavy atom. The molecule has 2 heterocycles. The molecule has 4 heteroatoms. The smallest absolute Gasteiger partial charge is 0.0953 e. The highest BCUT2D eigenvalue weighted by molar-refractivity contribution is 9.10. The maximum atomic E-state index is 3.68. The minimum absolute atomic E-state index is 0.225. The van der Waals surface area contributed by atoms with Crippen molar-refractivity contribution in [3.05, 3.63) is 73.0 Å². The number of aryl methyl sites for hydroxylation is 1. The molecule has 0 atom stereocenters. The lowest BCUT2D eigenvalue weighted by molar-refractivity contribution is 0.988. The van der Waals surface area contributed by atoms with E-state index in [1.54, 1.807) is 22.7 Å². The second-order valence-electron chi connectivity index (χ2n) is 4.57. The van der Waals surface area contributed by atoms with Crippen LogP contribution >= 0.6 is 38.6 Å². The number of thiophene rings is 2. The molecule has 20 heavy (non-hydrogen) atoms. The third-order valence-corrected chi connectivity index (χ3v) is 5.52. The van der Waals surface area contributed by atoms with Gasteiger partial charge in [-0.05, 0) is 47.5 Å². The summed E-state index contributed by atoms with van der Waals surface area (Å²) in [6.45, 7) is 2.13. The van der Waals surface area contributed by atoms with Crippen molar-refractivity contribution in [2.75, 3.05) is 5.32 Å². The van der Waals surface area contributed by atoms with Gasteiger partial charge >= 0.3 is 0 Å². The number of halogens is 1. The van der Waals surface area contributed by atoms with Crippen molar-refractivity contribution < 1.29 is 0 Å². The Morgan fingerprint density at radius 2 is 1.65 bits per heavy atom. The number of nitrogens with one attached hydrogen (secondary N) is 1. The van der Waals surface area contributed by atoms with Crippen molar-refractivity contribution in [2.45, 2.75) is 13.0 Å². The van der Waals surface area contributed by atoms with E-state index in [1.165, 1.54) is 21.0 Å². The minimum Gasteiger partial charge on any atom is -0.372 e. The first-order valence-electron chi connectivity index (χ1n) is 6.33. The van der Waals surface area contributed by atoms with E-state index in [2.05, 4.69) is 81.4 Å². The molecule has 0 spiro atoms. The zero-order chi connectivity index (χ0) is 13.9. The molecule has 2 aromatic heterocycles. The molecule has 0 unspecified atom stereocenters. The number of rotatable bonds is 4. The number of anilines is 1. The van der Waals surface area contributed by atoms with Crippen LogP contribution in [0.15, 0.2) is 57.7 Å². The molecule has 0 aliphatic heterocycles. The second-order valence-corrected chi connectivity index (χ2v) is 7.44. The van der Waals surface area contributed by atoms with E-state index < -0.39 is 0 Å². The molecule has 1 nitrogen and oxygen atoms in total. The fraction of sp³-hybridized carbons (Fsp3) is 0.125. The number of hydrogen-bond donors (Lipinski definition) is 1. The molecule has 0 saturated carbocycles. The Balaban J connectivity index is 1.97. The monoisotopic (exact) mass is 363 g/mol. The topological polar surface area (TPSA) is 12.0 Å². The Morgan fingerprint density at radius 1 is 1.00 bits per heavy atom. The van der Waals surface area contributed by atoms with Gasteiger partial charge in [0.25, 0.3) is 0 Å². The van der Waals surface area contributed by atoms with Gasteiger partial charge in [-0.15, -0.1) is 22.7 Å². The highest BCUT2D eigenvalue weighted by atomic mass is 79.9. The predicted octanol–water partition coefficient (Wildman–Crippen LogP) is 6.08. The van der Waals surface area contributed by atoms with Gasteiger partial charge in [0.15, 0.2) is 0 Å². The maximum absolute atomic E-state index is 3.68. The molecule has 0 bridgehead atoms. The number of benzene rings is 1. The first-order chi connectivity index (χ1) is 9.74. The zero-order valence-electron chi connectivity index (χ0n) is 11.0. The summed E-state index contributed by atoms with van der Waals surface area (Å²) >= 11 is 7.13. The Labute approximate surface area is 135 Å². The van der Waals surface area contributed by atoms with Crippen LogP contribution in [0.4, 0.5) is 5.69 Å². The largest absolute Gasteiger partial charge is 0.372 e. The molecule has 0 aliphatic carbocycles. The average molecular weight is 364 g/mol. The van der Waals surface area contributed by atoms with Gasteiger partial charge in [0, 0.05) is 19.9 Å². The quantitative estimate of drug-likeness (QED) is 0.591. The lowest BCUT2D eigenvalue weighted by Gasteiger charge is -2.19. The van der Waals surface area contributed by atoms with Crippen LogP contribution in [0.2, 0.25) is 0 Å². The van der Waals surface area contributed by atoms with Gasteiger partial charge in [0.2, 0.25) is 0 Å². The standard InChI is InChI=1S/C16H14BrNS2/c1-11-6-7-12(17)10-13(11)18-16(14-4-2-8-19-14)15-5-3-9-20-15/h2-10,16,18H,1H3. The van der Waals surface area contributed by atoms with Crippen molar-refractivity contribution in [3.63, 3.8) is 0 Å². The van der Waals surface area contributed by atoms with E-state index in [-0.39, 0.29) is 6.04 Å². The van der Waals surface area contributed by atoms with Crippen LogP contribution < -0.4 is 5.32 Å². The normalized spacial score (nSPS) is 10.9. The van der Waals surface area contributed by atoms with E-state index in [4.69, 9.17) is 0 Å². The second kappa shape index (κ2) is 6.12. The lowest BCUT2D eigenvalue weighted by atomic mass is 10.1. The molecule has 0 fully saturated rings. The first-order valence-corrected chi connectivity index (χ1v) is 8.89. The van der Waals surface area contributed by atoms with Crippen LogP contribution in [0.25, 0.3) is 0 Å². The van der Waals surface area contributed by atoms with Gasteiger partial charge in [-0.3, -0.25) is 0 Å². The van der Waals surface area contributed by atoms with Crippen LogP contribution in [0.3, 0.4) is 0 Å². The van der Waals surface area contributed by atoms with Crippen molar-refractivity contribution in [1.82, 2.24) is 0 Å². The van der Waals surface area contributed by atoms with Crippen molar-refractivity contribution >= 4 is 44.3 Å². The summed E-state index contributed by atoms with van der Waals surface area (Å²) in [6, 6.07) is 15.2. The molecule has 1 aromatic carbocycles. The van der Waals surface area contributed by atoms with Crippen LogP contribution in [-0.4, -0.2) is 0 Å². The van der Waals surface area contributed by atoms with Crippen molar-refractivity contribution in [1.29, 1.82) is 0 Å². The van der Waals surface area contributed by atoms with Crippen LogP contribution in [0.5, 0.6) is 0 Å². The molecule has 0 radical (unpaired) electrons. The molecule has 0 amide bonds. The van der Waals surface area contributed by atoms with Crippen LogP contribution in [-0.2, 0) is 0 Å². The fourth-order valence-corrected chi connectivity index (χ4v) is 4.12. The Bertz CT molecular complexity index is 640. The molecule has 1 N–H and O–H groups in total. The molecule has 3 aromatic rings. The number of hydrogen-bond acceptors (Lipinski definition) is 3. The minimum atomic E-state index is 0.225. The molecule has 0 aliphatic rings. The third kappa shape index (κ3) is 2.97. The van der Waals surface area contributed by atoms with E-state index in [0.717, 1.165) is 4.47 Å². The summed E-state index contributed by atoms with van der Waals surface area (Å²) in [7, 11) is 0. The predicted molar refractivity (Wildman–Crippen MR) is 93.0 cm³/mol. The Kier molecular flexibility index (Phi) is 4.24. The summed E-state index contributed by atoms with van der Waals surface area (Å²) < 4.78 is 1.10. The molecular formula is C16H14BrNS2. The highest BCUT2D eigenvalue weighted by Gasteiger charge is 2.17. The van der Waals surface area contributed by atoms with Crippen molar-refractivity contribution in [3.8, 4) is 0 Å². The summed E-state index contributed by atoms with van der Waals surface area (Å²) in [5.41, 5.74) is 2.43. The van der Waals surface area contributed by atoms with Gasteiger partial charge in [-0.2, -0.15) is 0 Å². The van der Waals surface area contributed by atoms with Gasteiger partial charge in [0.1, 0.15) is 0 Å². The summed E-state index contributed by atoms with van der Waals surface area (Å²) in [6.07, 6.45) is 0. The summed E-state index contributed by atoms with van der Waals surface area (Å²) in [5, 5.41) is 7.94. The summed E-state index contributed by atoms with van der Waals surface area (Å²) in [5.74, 6) is 0. The molecule has 0 saturated heterocycles. The SMILES string of the molecule is Cc1ccc(Br)cc1NC(c1cccs1)c1cccs1. The lowest BCUT2D eigenvalue weighted by Crippen LogP contribution is -2.10. The van der Waals surface area contributed by atoms with Crippen molar-refractivity contribution in [2.24, 2.45) is 0 Å². The average Bonchev–Trinajstić information content (AvgIpc) is 3.12. The molecular weight excluding hydrogens is 350 g/mol. The summed E-state index contributed by atoms with van der Waals surface area (Å²) in [4.78, 5) is 2.68. The van der Waals surface area contributed by atoms with Crippen LogP contribution in [0.1, 0.15) is 21.4 Å². The van der Waals surface area contributed by atoms with E-state index in [1.807, 2.05) is 0 Å². The van der Waals surface area contributed by atoms with Crippen LogP contribution in [0, 0.1) is 6.92 Å². The van der Waals surface area contributed by atoms with Gasteiger partial charge < -0.3 is 5.32 Å². The third-order valence-electron chi connectivity index (χ3n) is 3.15. The first kappa shape index (κ1) is 13.9. The fourth-order valence-electron chi connectivity index (χ4n) is 2.10. The highest BCUT2D eigenvalue weighted by Crippen LogP contribution is 2.34. The van der Waals surface area contributed by atoms with E-state index in [0.29, 0.717) is 0 Å².